The predicted molar refractivity (Wildman–Crippen MR) is 64.8 cm³/mol. The Morgan fingerprint density at radius 2 is 2.14 bits per heavy atom. The first kappa shape index (κ1) is 11.2. The van der Waals surface area contributed by atoms with Crippen LogP contribution in [0.25, 0.3) is 11.8 Å². The van der Waals surface area contributed by atoms with Crippen molar-refractivity contribution in [2.45, 2.75) is 20.8 Å². The van der Waals surface area contributed by atoms with Crippen molar-refractivity contribution in [3.8, 4) is 0 Å². The summed E-state index contributed by atoms with van der Waals surface area (Å²) in [6.07, 6.45) is 3.44. The fraction of sp³-hybridized carbons (Fsp3) is 0.364. The molecule has 0 amide bonds. The first-order chi connectivity index (χ1) is 6.38. The van der Waals surface area contributed by atoms with Gasteiger partial charge in [-0.1, -0.05) is 33.9 Å². The molecule has 1 aromatic rings. The van der Waals surface area contributed by atoms with E-state index in [2.05, 4.69) is 55.0 Å². The molecule has 0 unspecified atom stereocenters. The third-order valence-electron chi connectivity index (χ3n) is 2.11. The van der Waals surface area contributed by atoms with Crippen LogP contribution in [0.1, 0.15) is 26.5 Å². The normalized spacial score (nSPS) is 11.4. The summed E-state index contributed by atoms with van der Waals surface area (Å²) in [4.78, 5) is 0. The van der Waals surface area contributed by atoms with Crippen LogP contribution in [0.5, 0.6) is 0 Å². The van der Waals surface area contributed by atoms with Crippen molar-refractivity contribution in [1.82, 2.24) is 9.78 Å². The Labute approximate surface area is 93.4 Å². The van der Waals surface area contributed by atoms with Crippen LogP contribution in [0, 0.1) is 5.41 Å². The van der Waals surface area contributed by atoms with E-state index in [9.17, 15) is 0 Å². The first-order valence-electron chi connectivity index (χ1n) is 4.43. The first-order valence-corrected chi connectivity index (χ1v) is 5.22. The van der Waals surface area contributed by atoms with Crippen molar-refractivity contribution < 1.29 is 0 Å². The summed E-state index contributed by atoms with van der Waals surface area (Å²) in [5.74, 6) is 0. The summed E-state index contributed by atoms with van der Waals surface area (Å²) in [6.45, 7) is 14.2. The summed E-state index contributed by atoms with van der Waals surface area (Å²) in [5.41, 5.74) is 2.07. The van der Waals surface area contributed by atoms with Crippen LogP contribution in [0.2, 0.25) is 0 Å². The second kappa shape index (κ2) is 3.73. The quantitative estimate of drug-likeness (QED) is 0.785. The van der Waals surface area contributed by atoms with Gasteiger partial charge in [0.2, 0.25) is 0 Å². The fourth-order valence-electron chi connectivity index (χ4n) is 1.12. The number of allylic oxidation sites excluding steroid dienone is 1. The van der Waals surface area contributed by atoms with E-state index in [-0.39, 0.29) is 5.41 Å². The van der Waals surface area contributed by atoms with Crippen molar-refractivity contribution in [3.05, 3.63) is 29.5 Å². The summed E-state index contributed by atoms with van der Waals surface area (Å²) in [6, 6.07) is 0. The highest BCUT2D eigenvalue weighted by Crippen LogP contribution is 2.35. The molecular weight excluding hydrogens is 240 g/mol. The zero-order valence-corrected chi connectivity index (χ0v) is 10.4. The van der Waals surface area contributed by atoms with Crippen molar-refractivity contribution in [1.29, 1.82) is 0 Å². The average Bonchev–Trinajstić information content (AvgIpc) is 2.43. The van der Waals surface area contributed by atoms with E-state index < -0.39 is 0 Å². The lowest BCUT2D eigenvalue weighted by Gasteiger charge is -2.22. The molecule has 14 heavy (non-hydrogen) atoms. The molecule has 2 nitrogen and oxygen atoms in total. The average molecular weight is 255 g/mol. The van der Waals surface area contributed by atoms with Crippen LogP contribution in [0.4, 0.5) is 0 Å². The Morgan fingerprint density at radius 3 is 2.57 bits per heavy atom. The van der Waals surface area contributed by atoms with Gasteiger partial charge in [-0.05, 0) is 26.9 Å². The van der Waals surface area contributed by atoms with E-state index in [1.165, 1.54) is 0 Å². The molecule has 0 saturated heterocycles. The Morgan fingerprint density at radius 1 is 1.57 bits per heavy atom. The number of hydrogen-bond acceptors (Lipinski definition) is 1. The minimum Gasteiger partial charge on any atom is -0.240 e. The smallest absolute Gasteiger partial charge is 0.0834 e. The van der Waals surface area contributed by atoms with Gasteiger partial charge in [-0.25, -0.2) is 4.68 Å². The number of hydrogen-bond donors (Lipinski definition) is 0. The molecule has 3 heteroatoms. The van der Waals surface area contributed by atoms with Crippen molar-refractivity contribution in [2.75, 3.05) is 0 Å². The minimum atomic E-state index is 0.0311. The molecule has 0 N–H and O–H groups in total. The Kier molecular flexibility index (Phi) is 3.00. The maximum atomic E-state index is 4.16. The Balaban J connectivity index is 3.24. The van der Waals surface area contributed by atoms with Gasteiger partial charge in [0.25, 0.3) is 0 Å². The van der Waals surface area contributed by atoms with Crippen molar-refractivity contribution in [3.63, 3.8) is 0 Å². The molecule has 0 fully saturated rings. The van der Waals surface area contributed by atoms with E-state index >= 15 is 0 Å². The lowest BCUT2D eigenvalue weighted by atomic mass is 9.86. The van der Waals surface area contributed by atoms with Gasteiger partial charge in [-0.2, -0.15) is 5.10 Å². The second-order valence-electron chi connectivity index (χ2n) is 4.20. The molecule has 0 aliphatic heterocycles. The van der Waals surface area contributed by atoms with Crippen LogP contribution < -0.4 is 0 Å². The van der Waals surface area contributed by atoms with Crippen molar-refractivity contribution >= 4 is 27.7 Å². The molecule has 0 aliphatic carbocycles. The van der Waals surface area contributed by atoms with Gasteiger partial charge in [-0.3, -0.25) is 0 Å². The Hall–Kier alpha value is -0.830. The highest BCUT2D eigenvalue weighted by atomic mass is 79.9. The lowest BCUT2D eigenvalue weighted by Crippen LogP contribution is -2.10. The molecule has 0 bridgehead atoms. The number of rotatable bonds is 2. The van der Waals surface area contributed by atoms with Crippen molar-refractivity contribution in [2.24, 2.45) is 5.41 Å². The van der Waals surface area contributed by atoms with Crippen LogP contribution in [0.3, 0.4) is 0 Å². The molecule has 0 saturated carbocycles. The third kappa shape index (κ3) is 1.98. The zero-order chi connectivity index (χ0) is 10.9. The van der Waals surface area contributed by atoms with Crippen LogP contribution in [-0.4, -0.2) is 9.78 Å². The molecular formula is C11H15BrN2. The second-order valence-corrected chi connectivity index (χ2v) is 5.05. The number of aromatic nitrogens is 2. The number of nitrogens with zero attached hydrogens (tertiary/aromatic N) is 2. The van der Waals surface area contributed by atoms with Crippen LogP contribution >= 0.6 is 15.9 Å². The summed E-state index contributed by atoms with van der Waals surface area (Å²) < 4.78 is 2.69. The molecule has 76 valence electrons. The zero-order valence-electron chi connectivity index (χ0n) is 8.84. The maximum absolute atomic E-state index is 4.16. The molecule has 0 spiro atoms. The van der Waals surface area contributed by atoms with Gasteiger partial charge in [0.15, 0.2) is 0 Å². The summed E-state index contributed by atoms with van der Waals surface area (Å²) in [7, 11) is 0. The van der Waals surface area contributed by atoms with E-state index in [1.54, 1.807) is 17.1 Å². The fourth-order valence-corrected chi connectivity index (χ4v) is 1.63. The predicted octanol–water partition coefficient (Wildman–Crippen LogP) is 3.81. The van der Waals surface area contributed by atoms with E-state index in [0.717, 1.165) is 15.7 Å². The van der Waals surface area contributed by atoms with Gasteiger partial charge in [0, 0.05) is 6.20 Å². The minimum absolute atomic E-state index is 0.0311. The molecule has 0 aromatic carbocycles. The maximum Gasteiger partial charge on any atom is 0.0834 e. The molecule has 1 rings (SSSR count). The lowest BCUT2D eigenvalue weighted by molar-refractivity contribution is 0.563. The topological polar surface area (TPSA) is 17.8 Å². The highest BCUT2D eigenvalue weighted by molar-refractivity contribution is 9.10. The van der Waals surface area contributed by atoms with Crippen LogP contribution in [0.15, 0.2) is 23.8 Å². The molecule has 0 radical (unpaired) electrons. The van der Waals surface area contributed by atoms with Gasteiger partial charge in [0.1, 0.15) is 0 Å². The standard InChI is InChI=1S/C11H15BrN2/c1-6-14-10(9(12)7-13-14)8(2)11(3,4)5/h6-7H,1-2H2,3-5H3. The summed E-state index contributed by atoms with van der Waals surface area (Å²) in [5, 5.41) is 4.16. The molecule has 0 atom stereocenters. The van der Waals surface area contributed by atoms with E-state index in [4.69, 9.17) is 0 Å². The van der Waals surface area contributed by atoms with Crippen LogP contribution in [-0.2, 0) is 0 Å². The monoisotopic (exact) mass is 254 g/mol. The molecule has 0 aliphatic rings. The van der Waals surface area contributed by atoms with Gasteiger partial charge in [-0.15, -0.1) is 0 Å². The summed E-state index contributed by atoms with van der Waals surface area (Å²) >= 11 is 3.46. The Bertz CT molecular complexity index is 369. The van der Waals surface area contributed by atoms with Gasteiger partial charge >= 0.3 is 0 Å². The van der Waals surface area contributed by atoms with E-state index in [1.807, 2.05) is 0 Å². The highest BCUT2D eigenvalue weighted by Gasteiger charge is 2.21. The SMILES string of the molecule is C=Cn1ncc(Br)c1C(=C)C(C)(C)C. The number of halogens is 1. The van der Waals surface area contributed by atoms with Gasteiger partial charge < -0.3 is 0 Å². The molecule has 1 aromatic heterocycles. The molecule has 1 heterocycles. The van der Waals surface area contributed by atoms with Gasteiger partial charge in [0.05, 0.1) is 16.4 Å². The largest absolute Gasteiger partial charge is 0.240 e. The van der Waals surface area contributed by atoms with E-state index in [0.29, 0.717) is 0 Å². The third-order valence-corrected chi connectivity index (χ3v) is 2.70.